The number of rotatable bonds is 5. The minimum atomic E-state index is -0.743. The quantitative estimate of drug-likeness (QED) is 0.860. The summed E-state index contributed by atoms with van der Waals surface area (Å²) >= 11 is 0. The number of carbonyl (C=O) groups excluding carboxylic acids is 2. The summed E-state index contributed by atoms with van der Waals surface area (Å²) in [5.74, 6) is -0.815. The van der Waals surface area contributed by atoms with E-state index in [-0.39, 0.29) is 5.91 Å². The average Bonchev–Trinajstić information content (AvgIpc) is 2.57. The molecule has 0 unspecified atom stereocenters. The first kappa shape index (κ1) is 16.7. The van der Waals surface area contributed by atoms with Crippen LogP contribution in [0.1, 0.15) is 27.0 Å². The van der Waals surface area contributed by atoms with E-state index in [2.05, 4.69) is 10.3 Å². The van der Waals surface area contributed by atoms with Crippen LogP contribution in [0.2, 0.25) is 0 Å². The number of esters is 1. The standard InChI is InChI=1S/C18H20N2O3/c1-12-6-4-7-13(2)15(12)10-16(18(22)23-3)20-17(21)14-8-5-9-19-11-14/h4-9,11,16H,10H2,1-3H3,(H,20,21)/t16-/m1/s1. The van der Waals surface area contributed by atoms with Gasteiger partial charge in [-0.3, -0.25) is 9.78 Å². The number of aryl methyl sites for hydroxylation is 2. The van der Waals surface area contributed by atoms with Crippen LogP contribution in [0.15, 0.2) is 42.7 Å². The van der Waals surface area contributed by atoms with E-state index in [1.54, 1.807) is 18.3 Å². The van der Waals surface area contributed by atoms with Gasteiger partial charge in [0, 0.05) is 18.8 Å². The van der Waals surface area contributed by atoms with Gasteiger partial charge in [0.05, 0.1) is 12.7 Å². The van der Waals surface area contributed by atoms with Crippen LogP contribution in [0.3, 0.4) is 0 Å². The van der Waals surface area contributed by atoms with Gasteiger partial charge in [-0.1, -0.05) is 18.2 Å². The Hall–Kier alpha value is -2.69. The molecule has 0 aliphatic carbocycles. The third kappa shape index (κ3) is 4.16. The van der Waals surface area contributed by atoms with Gasteiger partial charge in [-0.15, -0.1) is 0 Å². The van der Waals surface area contributed by atoms with Gasteiger partial charge in [-0.2, -0.15) is 0 Å². The maximum Gasteiger partial charge on any atom is 0.328 e. The van der Waals surface area contributed by atoms with Gasteiger partial charge in [-0.05, 0) is 42.7 Å². The Labute approximate surface area is 135 Å². The minimum Gasteiger partial charge on any atom is -0.467 e. The Morgan fingerprint density at radius 1 is 1.17 bits per heavy atom. The molecule has 120 valence electrons. The Bertz CT molecular complexity index is 678. The van der Waals surface area contributed by atoms with Crippen LogP contribution in [0.25, 0.3) is 0 Å². The van der Waals surface area contributed by atoms with Gasteiger partial charge >= 0.3 is 5.97 Å². The van der Waals surface area contributed by atoms with Crippen molar-refractivity contribution in [1.82, 2.24) is 10.3 Å². The van der Waals surface area contributed by atoms with Crippen molar-refractivity contribution < 1.29 is 14.3 Å². The van der Waals surface area contributed by atoms with Crippen molar-refractivity contribution in [2.24, 2.45) is 0 Å². The first-order valence-electron chi connectivity index (χ1n) is 7.36. The van der Waals surface area contributed by atoms with E-state index in [0.717, 1.165) is 16.7 Å². The van der Waals surface area contributed by atoms with E-state index >= 15 is 0 Å². The lowest BCUT2D eigenvalue weighted by atomic mass is 9.96. The molecule has 1 aromatic heterocycles. The second-order valence-corrected chi connectivity index (χ2v) is 5.37. The fraction of sp³-hybridized carbons (Fsp3) is 0.278. The number of hydrogen-bond donors (Lipinski definition) is 1. The number of amides is 1. The summed E-state index contributed by atoms with van der Waals surface area (Å²) < 4.78 is 4.83. The fourth-order valence-corrected chi connectivity index (χ4v) is 2.45. The molecule has 1 heterocycles. The van der Waals surface area contributed by atoms with E-state index in [4.69, 9.17) is 4.74 Å². The van der Waals surface area contributed by atoms with Gasteiger partial charge in [0.2, 0.25) is 0 Å². The summed E-state index contributed by atoms with van der Waals surface area (Å²) in [4.78, 5) is 28.2. The number of methoxy groups -OCH3 is 1. The van der Waals surface area contributed by atoms with Crippen LogP contribution in [-0.4, -0.2) is 30.0 Å². The zero-order chi connectivity index (χ0) is 16.8. The van der Waals surface area contributed by atoms with Crippen LogP contribution in [-0.2, 0) is 16.0 Å². The summed E-state index contributed by atoms with van der Waals surface area (Å²) in [7, 11) is 1.32. The topological polar surface area (TPSA) is 68.3 Å². The van der Waals surface area contributed by atoms with Crippen LogP contribution in [0.5, 0.6) is 0 Å². The van der Waals surface area contributed by atoms with Crippen LogP contribution >= 0.6 is 0 Å². The Morgan fingerprint density at radius 3 is 2.43 bits per heavy atom. The molecule has 0 fully saturated rings. The zero-order valence-corrected chi connectivity index (χ0v) is 13.5. The summed E-state index contributed by atoms with van der Waals surface area (Å²) in [5.41, 5.74) is 3.60. The number of pyridine rings is 1. The lowest BCUT2D eigenvalue weighted by Crippen LogP contribution is -2.43. The number of hydrogen-bond acceptors (Lipinski definition) is 4. The first-order chi connectivity index (χ1) is 11.0. The predicted molar refractivity (Wildman–Crippen MR) is 87.1 cm³/mol. The second-order valence-electron chi connectivity index (χ2n) is 5.37. The van der Waals surface area contributed by atoms with E-state index < -0.39 is 12.0 Å². The van der Waals surface area contributed by atoms with E-state index in [1.165, 1.54) is 13.3 Å². The average molecular weight is 312 g/mol. The molecule has 0 bridgehead atoms. The molecule has 2 aromatic rings. The highest BCUT2D eigenvalue weighted by Crippen LogP contribution is 2.16. The maximum atomic E-state index is 12.3. The molecule has 23 heavy (non-hydrogen) atoms. The molecule has 5 heteroatoms. The number of benzene rings is 1. The number of carbonyl (C=O) groups is 2. The third-order valence-electron chi connectivity index (χ3n) is 3.77. The van der Waals surface area contributed by atoms with Crippen molar-refractivity contribution in [3.8, 4) is 0 Å². The van der Waals surface area contributed by atoms with Crippen molar-refractivity contribution >= 4 is 11.9 Å². The normalized spacial score (nSPS) is 11.6. The summed E-state index contributed by atoms with van der Waals surface area (Å²) in [6.45, 7) is 3.97. The number of ether oxygens (including phenoxy) is 1. The molecule has 0 radical (unpaired) electrons. The van der Waals surface area contributed by atoms with Crippen LogP contribution in [0.4, 0.5) is 0 Å². The molecule has 1 atom stereocenters. The maximum absolute atomic E-state index is 12.3. The minimum absolute atomic E-state index is 0.347. The van der Waals surface area contributed by atoms with Gasteiger partial charge in [0.15, 0.2) is 0 Å². The largest absolute Gasteiger partial charge is 0.467 e. The van der Waals surface area contributed by atoms with Crippen LogP contribution < -0.4 is 5.32 Å². The molecular formula is C18H20N2O3. The molecular weight excluding hydrogens is 292 g/mol. The highest BCUT2D eigenvalue weighted by molar-refractivity contribution is 5.96. The molecule has 0 aliphatic rings. The van der Waals surface area contributed by atoms with Gasteiger partial charge in [0.1, 0.15) is 6.04 Å². The molecule has 0 saturated heterocycles. The Kier molecular flexibility index (Phi) is 5.46. The molecule has 5 nitrogen and oxygen atoms in total. The van der Waals surface area contributed by atoms with E-state index in [1.807, 2.05) is 32.0 Å². The predicted octanol–water partition coefficient (Wildman–Crippen LogP) is 2.21. The molecule has 0 aliphatic heterocycles. The van der Waals surface area contributed by atoms with Gasteiger partial charge < -0.3 is 10.1 Å². The summed E-state index contributed by atoms with van der Waals surface area (Å²) in [6.07, 6.45) is 3.44. The molecule has 1 N–H and O–H groups in total. The smallest absolute Gasteiger partial charge is 0.328 e. The molecule has 0 spiro atoms. The molecule has 2 rings (SSSR count). The summed E-state index contributed by atoms with van der Waals surface area (Å²) in [6, 6.07) is 8.52. The van der Waals surface area contributed by atoms with Crippen LogP contribution in [0, 0.1) is 13.8 Å². The highest BCUT2D eigenvalue weighted by atomic mass is 16.5. The SMILES string of the molecule is COC(=O)[C@@H](Cc1c(C)cccc1C)NC(=O)c1cccnc1. The van der Waals surface area contributed by atoms with Crippen molar-refractivity contribution in [2.45, 2.75) is 26.3 Å². The number of nitrogens with zero attached hydrogens (tertiary/aromatic N) is 1. The number of nitrogens with one attached hydrogen (secondary N) is 1. The van der Waals surface area contributed by atoms with Crippen molar-refractivity contribution in [3.63, 3.8) is 0 Å². The molecule has 0 saturated carbocycles. The molecule has 1 amide bonds. The first-order valence-corrected chi connectivity index (χ1v) is 7.36. The molecule has 1 aromatic carbocycles. The monoisotopic (exact) mass is 312 g/mol. The van der Waals surface area contributed by atoms with Crippen molar-refractivity contribution in [1.29, 1.82) is 0 Å². The van der Waals surface area contributed by atoms with E-state index in [9.17, 15) is 9.59 Å². The van der Waals surface area contributed by atoms with Gasteiger partial charge in [0.25, 0.3) is 5.91 Å². The van der Waals surface area contributed by atoms with Crippen molar-refractivity contribution in [2.75, 3.05) is 7.11 Å². The highest BCUT2D eigenvalue weighted by Gasteiger charge is 2.24. The van der Waals surface area contributed by atoms with E-state index in [0.29, 0.717) is 12.0 Å². The van der Waals surface area contributed by atoms with Gasteiger partial charge in [-0.25, -0.2) is 4.79 Å². The Morgan fingerprint density at radius 2 is 1.87 bits per heavy atom. The fourth-order valence-electron chi connectivity index (χ4n) is 2.45. The second kappa shape index (κ2) is 7.54. The Balaban J connectivity index is 2.21. The van der Waals surface area contributed by atoms with Crippen molar-refractivity contribution in [3.05, 3.63) is 65.0 Å². The number of aromatic nitrogens is 1. The third-order valence-corrected chi connectivity index (χ3v) is 3.77. The lowest BCUT2D eigenvalue weighted by molar-refractivity contribution is -0.142. The summed E-state index contributed by atoms with van der Waals surface area (Å²) in [5, 5.41) is 2.73. The zero-order valence-electron chi connectivity index (χ0n) is 13.5. The lowest BCUT2D eigenvalue weighted by Gasteiger charge is -2.19.